The topological polar surface area (TPSA) is 119 Å². The van der Waals surface area contributed by atoms with Gasteiger partial charge in [0.05, 0.1) is 26.4 Å². The lowest BCUT2D eigenvalue weighted by molar-refractivity contribution is 0.1000. The lowest BCUT2D eigenvalue weighted by Crippen LogP contribution is -2.30. The minimum Gasteiger partial charge on any atom is -0.453 e. The summed E-state index contributed by atoms with van der Waals surface area (Å²) in [5, 5.41) is 5.40. The second-order valence-corrected chi connectivity index (χ2v) is 8.60. The summed E-state index contributed by atoms with van der Waals surface area (Å²) in [6, 6.07) is 10.9. The highest BCUT2D eigenvalue weighted by atomic mass is 32.1. The van der Waals surface area contributed by atoms with Crippen LogP contribution in [-0.2, 0) is 0 Å². The Morgan fingerprint density at radius 2 is 1.94 bits per heavy atom. The molecule has 1 aliphatic rings. The highest BCUT2D eigenvalue weighted by molar-refractivity contribution is 7.22. The van der Waals surface area contributed by atoms with Crippen LogP contribution in [-0.4, -0.2) is 27.9 Å². The van der Waals surface area contributed by atoms with Crippen LogP contribution in [0.15, 0.2) is 54.9 Å². The molecule has 0 saturated heterocycles. The Morgan fingerprint density at radius 3 is 2.64 bits per heavy atom. The van der Waals surface area contributed by atoms with E-state index in [2.05, 4.69) is 20.6 Å². The molecule has 33 heavy (non-hydrogen) atoms. The number of nitrogens with zero attached hydrogens (tertiary/aromatic N) is 2. The van der Waals surface area contributed by atoms with E-state index in [9.17, 15) is 14.0 Å². The Labute approximate surface area is 191 Å². The molecule has 0 aliphatic heterocycles. The maximum atomic E-state index is 14.7. The van der Waals surface area contributed by atoms with E-state index in [0.717, 1.165) is 22.4 Å². The minimum absolute atomic E-state index is 0.0227. The summed E-state index contributed by atoms with van der Waals surface area (Å²) in [6.45, 7) is 0. The SMILES string of the molecule is NC(=O)c1ccc(-c2cc3nccc(Oc4ccc(NC(=O)NC5CC5)cc4F)c3s2)nc1. The molecule has 0 unspecified atom stereocenters. The van der Waals surface area contributed by atoms with Crippen molar-refractivity contribution in [1.29, 1.82) is 0 Å². The first-order valence-corrected chi connectivity index (χ1v) is 11.0. The molecule has 3 heterocycles. The van der Waals surface area contributed by atoms with Gasteiger partial charge in [0, 0.05) is 36.3 Å². The number of nitrogens with two attached hydrogens (primary N) is 1. The summed E-state index contributed by atoms with van der Waals surface area (Å²) in [5.74, 6) is -0.690. The van der Waals surface area contributed by atoms with Crippen LogP contribution in [0.2, 0.25) is 0 Å². The zero-order chi connectivity index (χ0) is 22.9. The standard InChI is InChI=1S/C23H18FN5O3S/c24-15-9-14(29-23(31)28-13-2-3-13)4-6-18(15)32-19-7-8-26-17-10-20(33-21(17)19)16-5-1-12(11-27-16)22(25)30/h1,4-11,13H,2-3H2,(H2,25,30)(H2,28,29,31). The van der Waals surface area contributed by atoms with Crippen molar-refractivity contribution in [3.63, 3.8) is 0 Å². The Balaban J connectivity index is 1.37. The van der Waals surface area contributed by atoms with E-state index in [1.54, 1.807) is 30.5 Å². The number of primary amides is 1. The number of halogens is 1. The monoisotopic (exact) mass is 463 g/mol. The van der Waals surface area contributed by atoms with Gasteiger partial charge in [-0.05, 0) is 43.2 Å². The van der Waals surface area contributed by atoms with Gasteiger partial charge in [-0.2, -0.15) is 0 Å². The molecule has 3 amide bonds. The number of amides is 3. The van der Waals surface area contributed by atoms with Crippen LogP contribution < -0.4 is 21.1 Å². The zero-order valence-corrected chi connectivity index (χ0v) is 18.0. The van der Waals surface area contributed by atoms with Gasteiger partial charge in [-0.15, -0.1) is 11.3 Å². The number of hydrogen-bond donors (Lipinski definition) is 3. The largest absolute Gasteiger partial charge is 0.453 e. The number of fused-ring (bicyclic) bond motifs is 1. The highest BCUT2D eigenvalue weighted by Gasteiger charge is 2.23. The van der Waals surface area contributed by atoms with Crippen LogP contribution in [0.5, 0.6) is 11.5 Å². The normalized spacial score (nSPS) is 13.0. The molecule has 166 valence electrons. The first kappa shape index (κ1) is 20.8. The van der Waals surface area contributed by atoms with Crippen molar-refractivity contribution in [2.45, 2.75) is 18.9 Å². The van der Waals surface area contributed by atoms with E-state index in [4.69, 9.17) is 10.5 Å². The minimum atomic E-state index is -0.607. The fourth-order valence-electron chi connectivity index (χ4n) is 3.17. The summed E-state index contributed by atoms with van der Waals surface area (Å²) in [6.07, 6.45) is 4.93. The molecule has 8 nitrogen and oxygen atoms in total. The van der Waals surface area contributed by atoms with E-state index >= 15 is 0 Å². The van der Waals surface area contributed by atoms with Crippen LogP contribution in [0.4, 0.5) is 14.9 Å². The van der Waals surface area contributed by atoms with Gasteiger partial charge in [0.2, 0.25) is 5.91 Å². The van der Waals surface area contributed by atoms with Gasteiger partial charge in [-0.25, -0.2) is 9.18 Å². The Hall–Kier alpha value is -4.05. The summed E-state index contributed by atoms with van der Waals surface area (Å²) >= 11 is 1.39. The highest BCUT2D eigenvalue weighted by Crippen LogP contribution is 2.39. The van der Waals surface area contributed by atoms with Crippen molar-refractivity contribution >= 4 is 39.2 Å². The Bertz CT molecular complexity index is 1370. The van der Waals surface area contributed by atoms with Gasteiger partial charge in [0.15, 0.2) is 11.6 Å². The third-order valence-corrected chi connectivity index (χ3v) is 6.16. The number of carbonyl (C=O) groups excluding carboxylic acids is 2. The number of rotatable bonds is 6. The van der Waals surface area contributed by atoms with Gasteiger partial charge < -0.3 is 21.1 Å². The second-order valence-electron chi connectivity index (χ2n) is 7.55. The molecule has 1 fully saturated rings. The van der Waals surface area contributed by atoms with Crippen molar-refractivity contribution in [2.75, 3.05) is 5.32 Å². The molecule has 3 aromatic heterocycles. The van der Waals surface area contributed by atoms with Crippen LogP contribution in [0.3, 0.4) is 0 Å². The van der Waals surface area contributed by atoms with Crippen LogP contribution in [0.25, 0.3) is 20.8 Å². The van der Waals surface area contributed by atoms with E-state index in [1.807, 2.05) is 6.07 Å². The predicted molar refractivity (Wildman–Crippen MR) is 123 cm³/mol. The fraction of sp³-hybridized carbons (Fsp3) is 0.130. The molecule has 0 radical (unpaired) electrons. The molecular weight excluding hydrogens is 445 g/mol. The molecule has 5 rings (SSSR count). The Morgan fingerprint density at radius 1 is 1.09 bits per heavy atom. The van der Waals surface area contributed by atoms with Gasteiger partial charge in [-0.1, -0.05) is 0 Å². The van der Waals surface area contributed by atoms with Gasteiger partial charge in [0.25, 0.3) is 0 Å². The number of carbonyl (C=O) groups is 2. The number of benzene rings is 1. The molecule has 4 aromatic rings. The van der Waals surface area contributed by atoms with E-state index in [0.29, 0.717) is 28.2 Å². The number of pyridine rings is 2. The van der Waals surface area contributed by atoms with Crippen molar-refractivity contribution in [3.8, 4) is 22.1 Å². The van der Waals surface area contributed by atoms with Crippen molar-refractivity contribution in [1.82, 2.24) is 15.3 Å². The number of ether oxygens (including phenoxy) is 1. The molecule has 0 spiro atoms. The average Bonchev–Trinajstić information content (AvgIpc) is 3.49. The quantitative estimate of drug-likeness (QED) is 0.384. The molecular formula is C23H18FN5O3S. The summed E-state index contributed by atoms with van der Waals surface area (Å²) in [5.41, 5.74) is 7.24. The molecule has 4 N–H and O–H groups in total. The Kier molecular flexibility index (Phi) is 5.35. The van der Waals surface area contributed by atoms with Gasteiger partial charge in [-0.3, -0.25) is 14.8 Å². The molecule has 0 bridgehead atoms. The van der Waals surface area contributed by atoms with Crippen LogP contribution in [0, 0.1) is 5.82 Å². The first-order valence-electron chi connectivity index (χ1n) is 10.2. The zero-order valence-electron chi connectivity index (χ0n) is 17.2. The van der Waals surface area contributed by atoms with Crippen molar-refractivity contribution < 1.29 is 18.7 Å². The van der Waals surface area contributed by atoms with E-state index in [-0.39, 0.29) is 17.8 Å². The number of nitrogens with one attached hydrogen (secondary N) is 2. The smallest absolute Gasteiger partial charge is 0.319 e. The van der Waals surface area contributed by atoms with Crippen LogP contribution >= 0.6 is 11.3 Å². The van der Waals surface area contributed by atoms with Gasteiger partial charge in [0.1, 0.15) is 5.75 Å². The number of thiophene rings is 1. The maximum absolute atomic E-state index is 14.7. The molecule has 1 aliphatic carbocycles. The number of urea groups is 1. The second kappa shape index (κ2) is 8.47. The number of hydrogen-bond acceptors (Lipinski definition) is 6. The molecule has 10 heteroatoms. The average molecular weight is 463 g/mol. The van der Waals surface area contributed by atoms with Crippen LogP contribution in [0.1, 0.15) is 23.2 Å². The van der Waals surface area contributed by atoms with Crippen molar-refractivity contribution in [3.05, 3.63) is 66.2 Å². The molecule has 1 saturated carbocycles. The summed E-state index contributed by atoms with van der Waals surface area (Å²) < 4.78 is 21.2. The lowest BCUT2D eigenvalue weighted by Gasteiger charge is -2.10. The fourth-order valence-corrected chi connectivity index (χ4v) is 4.21. The van der Waals surface area contributed by atoms with Gasteiger partial charge >= 0.3 is 6.03 Å². The lowest BCUT2D eigenvalue weighted by atomic mass is 10.2. The third kappa shape index (κ3) is 4.60. The first-order chi connectivity index (χ1) is 16.0. The van der Waals surface area contributed by atoms with E-state index in [1.165, 1.54) is 29.7 Å². The molecule has 1 aromatic carbocycles. The van der Waals surface area contributed by atoms with Crippen molar-refractivity contribution in [2.24, 2.45) is 5.73 Å². The number of anilines is 1. The third-order valence-electron chi connectivity index (χ3n) is 5.00. The van der Waals surface area contributed by atoms with E-state index < -0.39 is 11.7 Å². The molecule has 0 atom stereocenters. The summed E-state index contributed by atoms with van der Waals surface area (Å²) in [7, 11) is 0. The maximum Gasteiger partial charge on any atom is 0.319 e. The number of aromatic nitrogens is 2. The summed E-state index contributed by atoms with van der Waals surface area (Å²) in [4.78, 5) is 32.6. The predicted octanol–water partition coefficient (Wildman–Crippen LogP) is 4.67.